The molecule has 2 N–H and O–H groups in total. The number of thioether (sulfide) groups is 1. The Morgan fingerprint density at radius 3 is 2.74 bits per heavy atom. The molecule has 2 rings (SSSR count). The van der Waals surface area contributed by atoms with Gasteiger partial charge in [0.05, 0.1) is 0 Å². The number of hydrogen-bond donors (Lipinski definition) is 1. The Bertz CT molecular complexity index is 574. The highest BCUT2D eigenvalue weighted by molar-refractivity contribution is 9.10. The van der Waals surface area contributed by atoms with E-state index >= 15 is 0 Å². The molecule has 19 heavy (non-hydrogen) atoms. The molecule has 0 spiro atoms. The van der Waals surface area contributed by atoms with Crippen LogP contribution in [0.5, 0.6) is 0 Å². The Morgan fingerprint density at radius 1 is 1.26 bits per heavy atom. The average Bonchev–Trinajstić information content (AvgIpc) is 2.39. The molecular formula is C15H15BrFNS. The van der Waals surface area contributed by atoms with Crippen LogP contribution in [0.25, 0.3) is 0 Å². The zero-order valence-corrected chi connectivity index (χ0v) is 13.0. The van der Waals surface area contributed by atoms with E-state index in [1.807, 2.05) is 30.3 Å². The number of hydrogen-bond acceptors (Lipinski definition) is 2. The highest BCUT2D eigenvalue weighted by atomic mass is 79.9. The molecule has 0 aliphatic heterocycles. The molecule has 2 aromatic carbocycles. The molecule has 1 atom stereocenters. The summed E-state index contributed by atoms with van der Waals surface area (Å²) in [6.07, 6.45) is 0. The van der Waals surface area contributed by atoms with Crippen LogP contribution in [0.15, 0.2) is 51.8 Å². The minimum absolute atomic E-state index is 0.168. The summed E-state index contributed by atoms with van der Waals surface area (Å²) in [7, 11) is 0. The van der Waals surface area contributed by atoms with Crippen LogP contribution in [0.3, 0.4) is 0 Å². The van der Waals surface area contributed by atoms with E-state index in [2.05, 4.69) is 15.9 Å². The minimum atomic E-state index is -0.194. The van der Waals surface area contributed by atoms with Gasteiger partial charge in [-0.05, 0) is 42.3 Å². The zero-order valence-electron chi connectivity index (χ0n) is 10.6. The van der Waals surface area contributed by atoms with Crippen molar-refractivity contribution in [3.05, 3.63) is 63.9 Å². The Kier molecular flexibility index (Phi) is 5.02. The molecule has 1 nitrogen and oxygen atoms in total. The standard InChI is InChI=1S/C15H15BrFNS/c1-10-5-6-11(7-14(10)17)15(18)9-19-13-4-2-3-12(16)8-13/h2-8,15H,9,18H2,1H3. The third-order valence-electron chi connectivity index (χ3n) is 2.85. The normalized spacial score (nSPS) is 12.4. The van der Waals surface area contributed by atoms with Crippen molar-refractivity contribution in [2.45, 2.75) is 17.9 Å². The monoisotopic (exact) mass is 339 g/mol. The van der Waals surface area contributed by atoms with Gasteiger partial charge in [0.2, 0.25) is 0 Å². The second-order valence-corrected chi connectivity index (χ2v) is 6.39. The first kappa shape index (κ1) is 14.6. The maximum atomic E-state index is 13.5. The van der Waals surface area contributed by atoms with Gasteiger partial charge in [-0.2, -0.15) is 0 Å². The summed E-state index contributed by atoms with van der Waals surface area (Å²) in [5.74, 6) is 0.527. The molecule has 1 unspecified atom stereocenters. The third-order valence-corrected chi connectivity index (χ3v) is 4.46. The lowest BCUT2D eigenvalue weighted by atomic mass is 10.1. The topological polar surface area (TPSA) is 26.0 Å². The number of aryl methyl sites for hydroxylation is 1. The second kappa shape index (κ2) is 6.55. The van der Waals surface area contributed by atoms with Gasteiger partial charge < -0.3 is 5.73 Å². The molecule has 100 valence electrons. The lowest BCUT2D eigenvalue weighted by Gasteiger charge is -2.12. The van der Waals surface area contributed by atoms with Gasteiger partial charge in [-0.1, -0.05) is 34.1 Å². The van der Waals surface area contributed by atoms with E-state index in [-0.39, 0.29) is 11.9 Å². The predicted molar refractivity (Wildman–Crippen MR) is 82.9 cm³/mol. The van der Waals surface area contributed by atoms with E-state index in [9.17, 15) is 4.39 Å². The summed E-state index contributed by atoms with van der Waals surface area (Å²) in [6.45, 7) is 1.75. The van der Waals surface area contributed by atoms with Gasteiger partial charge in [0, 0.05) is 21.2 Å². The maximum Gasteiger partial charge on any atom is 0.126 e. The first-order valence-corrected chi connectivity index (χ1v) is 7.74. The Labute approximate surface area is 125 Å². The van der Waals surface area contributed by atoms with Crippen molar-refractivity contribution in [3.63, 3.8) is 0 Å². The van der Waals surface area contributed by atoms with Crippen molar-refractivity contribution in [2.24, 2.45) is 5.73 Å². The van der Waals surface area contributed by atoms with Crippen molar-refractivity contribution in [2.75, 3.05) is 5.75 Å². The SMILES string of the molecule is Cc1ccc(C(N)CSc2cccc(Br)c2)cc1F. The summed E-state index contributed by atoms with van der Waals surface area (Å²) >= 11 is 5.11. The van der Waals surface area contributed by atoms with Gasteiger partial charge in [0.15, 0.2) is 0 Å². The van der Waals surface area contributed by atoms with Crippen LogP contribution in [-0.4, -0.2) is 5.75 Å². The highest BCUT2D eigenvalue weighted by Gasteiger charge is 2.09. The third kappa shape index (κ3) is 4.06. The van der Waals surface area contributed by atoms with Gasteiger partial charge >= 0.3 is 0 Å². The molecule has 0 aliphatic rings. The molecule has 0 aliphatic carbocycles. The lowest BCUT2D eigenvalue weighted by Crippen LogP contribution is -2.13. The molecule has 0 saturated carbocycles. The zero-order chi connectivity index (χ0) is 13.8. The fraction of sp³-hybridized carbons (Fsp3) is 0.200. The Balaban J connectivity index is 2.01. The van der Waals surface area contributed by atoms with Gasteiger partial charge in [-0.25, -0.2) is 4.39 Å². The predicted octanol–water partition coefficient (Wildman–Crippen LogP) is 4.69. The van der Waals surface area contributed by atoms with Crippen molar-refractivity contribution in [1.29, 1.82) is 0 Å². The summed E-state index contributed by atoms with van der Waals surface area (Å²) in [5, 5.41) is 0. The van der Waals surface area contributed by atoms with Crippen LogP contribution in [0.4, 0.5) is 4.39 Å². The molecule has 0 saturated heterocycles. The number of nitrogens with two attached hydrogens (primary N) is 1. The first-order valence-electron chi connectivity index (χ1n) is 5.96. The summed E-state index contributed by atoms with van der Waals surface area (Å²) < 4.78 is 14.5. The van der Waals surface area contributed by atoms with Crippen LogP contribution in [0.1, 0.15) is 17.2 Å². The molecule has 4 heteroatoms. The van der Waals surface area contributed by atoms with Crippen LogP contribution in [-0.2, 0) is 0 Å². The van der Waals surface area contributed by atoms with Crippen molar-refractivity contribution < 1.29 is 4.39 Å². The molecule has 0 bridgehead atoms. The van der Waals surface area contributed by atoms with Crippen LogP contribution in [0.2, 0.25) is 0 Å². The number of benzene rings is 2. The van der Waals surface area contributed by atoms with E-state index in [1.54, 1.807) is 24.8 Å². The van der Waals surface area contributed by atoms with Gasteiger partial charge in [-0.15, -0.1) is 11.8 Å². The maximum absolute atomic E-state index is 13.5. The van der Waals surface area contributed by atoms with Crippen LogP contribution >= 0.6 is 27.7 Å². The number of rotatable bonds is 4. The first-order chi connectivity index (χ1) is 9.06. The Morgan fingerprint density at radius 2 is 2.05 bits per heavy atom. The fourth-order valence-corrected chi connectivity index (χ4v) is 3.18. The van der Waals surface area contributed by atoms with Gasteiger partial charge in [0.25, 0.3) is 0 Å². The second-order valence-electron chi connectivity index (χ2n) is 4.38. The molecular weight excluding hydrogens is 325 g/mol. The van der Waals surface area contributed by atoms with Crippen molar-refractivity contribution in [3.8, 4) is 0 Å². The minimum Gasteiger partial charge on any atom is -0.323 e. The molecule has 2 aromatic rings. The summed E-state index contributed by atoms with van der Waals surface area (Å²) in [5.41, 5.74) is 7.59. The largest absolute Gasteiger partial charge is 0.323 e. The molecule has 0 fully saturated rings. The van der Waals surface area contributed by atoms with Crippen molar-refractivity contribution >= 4 is 27.7 Å². The van der Waals surface area contributed by atoms with Crippen LogP contribution in [0, 0.1) is 12.7 Å². The van der Waals surface area contributed by atoms with E-state index in [0.717, 1.165) is 20.7 Å². The number of halogens is 2. The van der Waals surface area contributed by atoms with E-state index in [1.165, 1.54) is 6.07 Å². The molecule has 0 radical (unpaired) electrons. The average molecular weight is 340 g/mol. The van der Waals surface area contributed by atoms with Crippen molar-refractivity contribution in [1.82, 2.24) is 0 Å². The fourth-order valence-electron chi connectivity index (χ4n) is 1.68. The smallest absolute Gasteiger partial charge is 0.126 e. The molecule has 0 amide bonds. The van der Waals surface area contributed by atoms with Gasteiger partial charge in [0.1, 0.15) is 5.82 Å². The Hall–Kier alpha value is -0.840. The highest BCUT2D eigenvalue weighted by Crippen LogP contribution is 2.26. The quantitative estimate of drug-likeness (QED) is 0.817. The van der Waals surface area contributed by atoms with E-state index in [0.29, 0.717) is 5.56 Å². The van der Waals surface area contributed by atoms with Crippen LogP contribution < -0.4 is 5.73 Å². The van der Waals surface area contributed by atoms with E-state index < -0.39 is 0 Å². The lowest BCUT2D eigenvalue weighted by molar-refractivity contribution is 0.613. The van der Waals surface area contributed by atoms with Gasteiger partial charge in [-0.3, -0.25) is 0 Å². The summed E-state index contributed by atoms with van der Waals surface area (Å²) in [4.78, 5) is 1.15. The molecule has 0 aromatic heterocycles. The van der Waals surface area contributed by atoms with E-state index in [4.69, 9.17) is 5.73 Å². The molecule has 0 heterocycles. The summed E-state index contributed by atoms with van der Waals surface area (Å²) in [6, 6.07) is 13.1.